The van der Waals surface area contributed by atoms with Crippen molar-refractivity contribution >= 4 is 10.9 Å². The Labute approximate surface area is 207 Å². The van der Waals surface area contributed by atoms with Gasteiger partial charge < -0.3 is 0 Å². The van der Waals surface area contributed by atoms with E-state index in [1.807, 2.05) is 48.5 Å². The van der Waals surface area contributed by atoms with Gasteiger partial charge in [-0.1, -0.05) is 92.9 Å². The minimum absolute atomic E-state index is 0.210. The van der Waals surface area contributed by atoms with Crippen LogP contribution in [-0.4, -0.2) is 4.98 Å². The lowest BCUT2D eigenvalue weighted by atomic mass is 9.98. The van der Waals surface area contributed by atoms with Gasteiger partial charge in [0.05, 0.1) is 11.2 Å². The van der Waals surface area contributed by atoms with E-state index < -0.39 is 0 Å². The van der Waals surface area contributed by atoms with E-state index in [0.717, 1.165) is 34.1 Å². The van der Waals surface area contributed by atoms with Crippen LogP contribution in [0.15, 0.2) is 103 Å². The maximum atomic E-state index is 14.8. The number of pyridine rings is 1. The molecule has 1 aromatic heterocycles. The summed E-state index contributed by atoms with van der Waals surface area (Å²) in [6.07, 6.45) is 6.08. The number of aromatic nitrogens is 1. The molecule has 0 fully saturated rings. The molecule has 174 valence electrons. The molecule has 5 aromatic rings. The van der Waals surface area contributed by atoms with E-state index in [1.54, 1.807) is 6.07 Å². The van der Waals surface area contributed by atoms with Gasteiger partial charge in [0.25, 0.3) is 0 Å². The summed E-state index contributed by atoms with van der Waals surface area (Å²) in [5, 5.41) is 1.09. The van der Waals surface area contributed by atoms with Crippen molar-refractivity contribution in [2.75, 3.05) is 0 Å². The smallest absolute Gasteiger partial charge is 0.131 e. The summed E-state index contributed by atoms with van der Waals surface area (Å²) in [4.78, 5) is 4.89. The quantitative estimate of drug-likeness (QED) is 0.211. The van der Waals surface area contributed by atoms with Crippen molar-refractivity contribution in [1.82, 2.24) is 4.98 Å². The van der Waals surface area contributed by atoms with Gasteiger partial charge in [-0.05, 0) is 71.5 Å². The molecule has 0 spiro atoms. The van der Waals surface area contributed by atoms with Crippen LogP contribution >= 0.6 is 0 Å². The molecule has 0 atom stereocenters. The summed E-state index contributed by atoms with van der Waals surface area (Å²) in [7, 11) is 0. The van der Waals surface area contributed by atoms with Gasteiger partial charge in [-0.3, -0.25) is 0 Å². The lowest BCUT2D eigenvalue weighted by molar-refractivity contribution is 0.631. The van der Waals surface area contributed by atoms with Crippen LogP contribution in [0.4, 0.5) is 4.39 Å². The first-order valence-corrected chi connectivity index (χ1v) is 12.6. The summed E-state index contributed by atoms with van der Waals surface area (Å²) < 4.78 is 14.8. The standard InChI is InChI=1S/C33H30FN/c1-2-3-4-6-9-24-12-14-26(15-13-24)30-23-29(16-19-31(30)34)33-21-18-28-22-27(17-20-32(28)35-33)25-10-7-5-8-11-25/h5,7-8,10-23H,2-4,6,9H2,1H3. The van der Waals surface area contributed by atoms with Crippen molar-refractivity contribution in [3.05, 3.63) is 115 Å². The zero-order valence-electron chi connectivity index (χ0n) is 20.2. The average Bonchev–Trinajstić information content (AvgIpc) is 2.92. The fourth-order valence-corrected chi connectivity index (χ4v) is 4.61. The summed E-state index contributed by atoms with van der Waals surface area (Å²) in [5.41, 5.74) is 7.88. The van der Waals surface area contributed by atoms with Crippen molar-refractivity contribution in [1.29, 1.82) is 0 Å². The second-order valence-corrected chi connectivity index (χ2v) is 9.17. The number of hydrogen-bond donors (Lipinski definition) is 0. The number of aryl methyl sites for hydroxylation is 1. The van der Waals surface area contributed by atoms with Gasteiger partial charge in [-0.15, -0.1) is 0 Å². The fraction of sp³-hybridized carbons (Fsp3) is 0.182. The van der Waals surface area contributed by atoms with Crippen LogP contribution in [0, 0.1) is 5.82 Å². The number of benzene rings is 4. The Morgan fingerprint density at radius 2 is 1.40 bits per heavy atom. The molecular weight excluding hydrogens is 429 g/mol. The van der Waals surface area contributed by atoms with Gasteiger partial charge in [0.15, 0.2) is 0 Å². The Hall–Kier alpha value is -3.78. The molecule has 0 bridgehead atoms. The monoisotopic (exact) mass is 459 g/mol. The summed E-state index contributed by atoms with van der Waals surface area (Å²) >= 11 is 0. The van der Waals surface area contributed by atoms with E-state index in [-0.39, 0.29) is 5.82 Å². The van der Waals surface area contributed by atoms with Crippen molar-refractivity contribution < 1.29 is 4.39 Å². The maximum absolute atomic E-state index is 14.8. The van der Waals surface area contributed by atoms with Crippen molar-refractivity contribution in [3.8, 4) is 33.5 Å². The predicted molar refractivity (Wildman–Crippen MR) is 146 cm³/mol. The van der Waals surface area contributed by atoms with E-state index >= 15 is 0 Å². The molecule has 2 heteroatoms. The first-order valence-electron chi connectivity index (χ1n) is 12.6. The van der Waals surface area contributed by atoms with Crippen LogP contribution in [0.1, 0.15) is 38.2 Å². The number of nitrogens with zero attached hydrogens (tertiary/aromatic N) is 1. The SMILES string of the molecule is CCCCCCc1ccc(-c2cc(-c3ccc4cc(-c5ccccc5)ccc4n3)ccc2F)cc1. The second-order valence-electron chi connectivity index (χ2n) is 9.17. The Kier molecular flexibility index (Phi) is 6.99. The molecule has 0 saturated carbocycles. The van der Waals surface area contributed by atoms with E-state index in [4.69, 9.17) is 4.98 Å². The molecule has 0 amide bonds. The molecule has 0 saturated heterocycles. The highest BCUT2D eigenvalue weighted by molar-refractivity contribution is 5.86. The molecular formula is C33H30FN. The van der Waals surface area contributed by atoms with Crippen LogP contribution in [0.5, 0.6) is 0 Å². The minimum Gasteiger partial charge on any atom is -0.248 e. The van der Waals surface area contributed by atoms with Gasteiger partial charge in [0.1, 0.15) is 5.82 Å². The lowest BCUT2D eigenvalue weighted by Crippen LogP contribution is -1.91. The number of unbranched alkanes of at least 4 members (excludes halogenated alkanes) is 3. The average molecular weight is 460 g/mol. The van der Waals surface area contributed by atoms with Gasteiger partial charge in [0.2, 0.25) is 0 Å². The molecule has 0 unspecified atom stereocenters. The Balaban J connectivity index is 1.40. The van der Waals surface area contributed by atoms with Crippen molar-refractivity contribution in [3.63, 3.8) is 0 Å². The molecule has 4 aromatic carbocycles. The molecule has 0 aliphatic carbocycles. The van der Waals surface area contributed by atoms with E-state index in [1.165, 1.54) is 42.4 Å². The maximum Gasteiger partial charge on any atom is 0.131 e. The Morgan fingerprint density at radius 3 is 2.20 bits per heavy atom. The zero-order chi connectivity index (χ0) is 24.0. The molecule has 1 heterocycles. The number of halogens is 1. The molecule has 0 aliphatic rings. The summed E-state index contributed by atoms with van der Waals surface area (Å²) in [6, 6.07) is 34.4. The van der Waals surface area contributed by atoms with Crippen LogP contribution in [-0.2, 0) is 6.42 Å². The number of hydrogen-bond acceptors (Lipinski definition) is 1. The molecule has 35 heavy (non-hydrogen) atoms. The third-order valence-corrected chi connectivity index (χ3v) is 6.64. The normalized spacial score (nSPS) is 11.1. The highest BCUT2D eigenvalue weighted by Crippen LogP contribution is 2.30. The zero-order valence-corrected chi connectivity index (χ0v) is 20.2. The number of fused-ring (bicyclic) bond motifs is 1. The van der Waals surface area contributed by atoms with Crippen LogP contribution in [0.25, 0.3) is 44.4 Å². The first kappa shape index (κ1) is 23.0. The Bertz CT molecular complexity index is 1420. The van der Waals surface area contributed by atoms with Gasteiger partial charge >= 0.3 is 0 Å². The molecule has 1 nitrogen and oxygen atoms in total. The lowest BCUT2D eigenvalue weighted by Gasteiger charge is -2.10. The van der Waals surface area contributed by atoms with Crippen molar-refractivity contribution in [2.24, 2.45) is 0 Å². The largest absolute Gasteiger partial charge is 0.248 e. The van der Waals surface area contributed by atoms with Crippen LogP contribution in [0.2, 0.25) is 0 Å². The van der Waals surface area contributed by atoms with E-state index in [0.29, 0.717) is 5.56 Å². The first-order chi connectivity index (χ1) is 17.2. The van der Waals surface area contributed by atoms with E-state index in [9.17, 15) is 4.39 Å². The molecule has 0 radical (unpaired) electrons. The second kappa shape index (κ2) is 10.7. The fourth-order valence-electron chi connectivity index (χ4n) is 4.61. The molecule has 5 rings (SSSR count). The third-order valence-electron chi connectivity index (χ3n) is 6.64. The van der Waals surface area contributed by atoms with Crippen LogP contribution in [0.3, 0.4) is 0 Å². The third kappa shape index (κ3) is 5.33. The van der Waals surface area contributed by atoms with Gasteiger partial charge in [0, 0.05) is 16.5 Å². The van der Waals surface area contributed by atoms with Crippen molar-refractivity contribution in [2.45, 2.75) is 39.0 Å². The minimum atomic E-state index is -0.210. The highest BCUT2D eigenvalue weighted by atomic mass is 19.1. The molecule has 0 N–H and O–H groups in total. The highest BCUT2D eigenvalue weighted by Gasteiger charge is 2.10. The summed E-state index contributed by atoms with van der Waals surface area (Å²) in [5.74, 6) is -0.210. The summed E-state index contributed by atoms with van der Waals surface area (Å²) in [6.45, 7) is 2.23. The Morgan fingerprint density at radius 1 is 0.629 bits per heavy atom. The van der Waals surface area contributed by atoms with Crippen LogP contribution < -0.4 is 0 Å². The van der Waals surface area contributed by atoms with Gasteiger partial charge in [-0.25, -0.2) is 9.37 Å². The topological polar surface area (TPSA) is 12.9 Å². The number of rotatable bonds is 8. The van der Waals surface area contributed by atoms with Gasteiger partial charge in [-0.2, -0.15) is 0 Å². The van der Waals surface area contributed by atoms with E-state index in [2.05, 4.69) is 55.5 Å². The predicted octanol–water partition coefficient (Wildman–Crippen LogP) is 9.50. The molecule has 0 aliphatic heterocycles.